The lowest BCUT2D eigenvalue weighted by Gasteiger charge is -2.40. The van der Waals surface area contributed by atoms with Crippen LogP contribution in [0.25, 0.3) is 0 Å². The molecule has 30 heavy (non-hydrogen) atoms. The number of carbonyl (C=O) groups is 1. The Labute approximate surface area is 180 Å². The summed E-state index contributed by atoms with van der Waals surface area (Å²) in [5.74, 6) is -0.275. The van der Waals surface area contributed by atoms with E-state index in [0.29, 0.717) is 6.42 Å². The molecule has 0 aliphatic carbocycles. The van der Waals surface area contributed by atoms with E-state index in [4.69, 9.17) is 0 Å². The third-order valence-corrected chi connectivity index (χ3v) is 10.1. The second-order valence-electron chi connectivity index (χ2n) is 7.46. The lowest BCUT2D eigenvalue weighted by Crippen LogP contribution is -2.57. The third kappa shape index (κ3) is 4.04. The summed E-state index contributed by atoms with van der Waals surface area (Å²) in [5, 5.41) is 1.72. The summed E-state index contributed by atoms with van der Waals surface area (Å²) in [6, 6.07) is 9.98. The summed E-state index contributed by atoms with van der Waals surface area (Å²) in [7, 11) is -7.14. The van der Waals surface area contributed by atoms with Crippen LogP contribution < -0.4 is 0 Å². The molecule has 1 aromatic heterocycles. The lowest BCUT2D eigenvalue weighted by atomic mass is 9.95. The quantitative estimate of drug-likeness (QED) is 0.665. The molecule has 0 spiro atoms. The van der Waals surface area contributed by atoms with Gasteiger partial charge in [-0.05, 0) is 29.0 Å². The number of nitrogens with zero attached hydrogens (tertiary/aromatic N) is 3. The van der Waals surface area contributed by atoms with Crippen LogP contribution in [0.2, 0.25) is 0 Å². The van der Waals surface area contributed by atoms with Crippen molar-refractivity contribution in [3.63, 3.8) is 0 Å². The van der Waals surface area contributed by atoms with Gasteiger partial charge in [0.2, 0.25) is 15.9 Å². The zero-order valence-corrected chi connectivity index (χ0v) is 18.9. The van der Waals surface area contributed by atoms with Gasteiger partial charge in [-0.1, -0.05) is 30.3 Å². The van der Waals surface area contributed by atoms with Gasteiger partial charge in [-0.25, -0.2) is 16.8 Å². The Morgan fingerprint density at radius 2 is 1.63 bits per heavy atom. The van der Waals surface area contributed by atoms with E-state index in [0.717, 1.165) is 17.4 Å². The second-order valence-corrected chi connectivity index (χ2v) is 12.5. The molecular weight excluding hydrogens is 446 g/mol. The molecule has 1 saturated heterocycles. The summed E-state index contributed by atoms with van der Waals surface area (Å²) in [6.07, 6.45) is 1.43. The Morgan fingerprint density at radius 3 is 2.23 bits per heavy atom. The fourth-order valence-electron chi connectivity index (χ4n) is 3.96. The molecule has 1 atom stereocenters. The maximum absolute atomic E-state index is 13.3. The van der Waals surface area contributed by atoms with Gasteiger partial charge in [0, 0.05) is 32.7 Å². The molecule has 0 N–H and O–H groups in total. The van der Waals surface area contributed by atoms with E-state index in [1.54, 1.807) is 22.4 Å². The summed E-state index contributed by atoms with van der Waals surface area (Å²) < 4.78 is 53.1. The fraction of sp³-hybridized carbons (Fsp3) is 0.421. The normalized spacial score (nSPS) is 21.4. The first-order chi connectivity index (χ1) is 14.2. The fourth-order valence-corrected chi connectivity index (χ4v) is 7.52. The summed E-state index contributed by atoms with van der Waals surface area (Å²) in [6.45, 7) is 1.01. The van der Waals surface area contributed by atoms with Crippen molar-refractivity contribution in [1.29, 1.82) is 0 Å². The first-order valence-electron chi connectivity index (χ1n) is 9.54. The van der Waals surface area contributed by atoms with Gasteiger partial charge in [0.1, 0.15) is 10.3 Å². The molecular formula is C19H23N3O5S3. The van der Waals surface area contributed by atoms with Crippen LogP contribution >= 0.6 is 11.3 Å². The van der Waals surface area contributed by atoms with Crippen molar-refractivity contribution in [2.75, 3.05) is 32.4 Å². The number of carbonyl (C=O) groups excluding carboxylic acids is 1. The molecule has 4 rings (SSSR count). The topological polar surface area (TPSA) is 95.1 Å². The second kappa shape index (κ2) is 8.04. The van der Waals surface area contributed by atoms with E-state index in [9.17, 15) is 21.6 Å². The molecule has 1 fully saturated rings. The van der Waals surface area contributed by atoms with Crippen molar-refractivity contribution in [3.8, 4) is 0 Å². The molecule has 2 aliphatic heterocycles. The number of piperazine rings is 1. The molecule has 162 valence electrons. The number of benzene rings is 1. The molecule has 1 amide bonds. The number of rotatable bonds is 4. The maximum Gasteiger partial charge on any atom is 0.252 e. The highest BCUT2D eigenvalue weighted by atomic mass is 32.2. The first kappa shape index (κ1) is 21.4. The standard InChI is InChI=1S/C19H23N3O5S3/c1-29(24,25)22-14-16-6-3-2-5-15(16)13-17(22)19(23)20-8-10-21(11-9-20)30(26,27)18-7-4-12-28-18/h2-7,12,17H,8-11,13-14H2,1H3/t17-/m0/s1. The Hall–Kier alpha value is -1.79. The van der Waals surface area contributed by atoms with E-state index >= 15 is 0 Å². The first-order valence-corrected chi connectivity index (χ1v) is 13.7. The summed E-state index contributed by atoms with van der Waals surface area (Å²) in [5.41, 5.74) is 1.87. The van der Waals surface area contributed by atoms with Gasteiger partial charge in [-0.15, -0.1) is 11.3 Å². The van der Waals surface area contributed by atoms with Crippen LogP contribution in [0, 0.1) is 0 Å². The van der Waals surface area contributed by atoms with E-state index in [1.165, 1.54) is 19.9 Å². The van der Waals surface area contributed by atoms with Crippen LogP contribution in [0.3, 0.4) is 0 Å². The number of sulfonamides is 2. The number of hydrogen-bond acceptors (Lipinski definition) is 6. The Kier molecular flexibility index (Phi) is 5.75. The number of hydrogen-bond donors (Lipinski definition) is 0. The van der Waals surface area contributed by atoms with Crippen molar-refractivity contribution in [3.05, 3.63) is 52.9 Å². The van der Waals surface area contributed by atoms with Crippen molar-refractivity contribution in [2.45, 2.75) is 23.2 Å². The van der Waals surface area contributed by atoms with Gasteiger partial charge >= 0.3 is 0 Å². The molecule has 0 bridgehead atoms. The highest BCUT2D eigenvalue weighted by molar-refractivity contribution is 7.91. The van der Waals surface area contributed by atoms with Gasteiger partial charge in [0.15, 0.2) is 0 Å². The minimum absolute atomic E-state index is 0.165. The van der Waals surface area contributed by atoms with Crippen molar-refractivity contribution < 1.29 is 21.6 Å². The molecule has 1 aromatic carbocycles. The summed E-state index contributed by atoms with van der Waals surface area (Å²) in [4.78, 5) is 14.8. The number of thiophene rings is 1. The van der Waals surface area contributed by atoms with Crippen LogP contribution in [0.15, 0.2) is 46.0 Å². The third-order valence-electron chi connectivity index (χ3n) is 5.56. The SMILES string of the molecule is CS(=O)(=O)N1Cc2ccccc2C[C@H]1C(=O)N1CCN(S(=O)(=O)c2cccs2)CC1. The number of amides is 1. The smallest absolute Gasteiger partial charge is 0.252 e. The Bertz CT molecular complexity index is 1140. The Morgan fingerprint density at radius 1 is 0.967 bits per heavy atom. The zero-order valence-electron chi connectivity index (χ0n) is 16.5. The van der Waals surface area contributed by atoms with Crippen LogP contribution in [0.1, 0.15) is 11.1 Å². The lowest BCUT2D eigenvalue weighted by molar-refractivity contribution is -0.136. The average Bonchev–Trinajstić information content (AvgIpc) is 3.27. The molecule has 2 aromatic rings. The van der Waals surface area contributed by atoms with Gasteiger partial charge in [0.25, 0.3) is 10.0 Å². The van der Waals surface area contributed by atoms with Crippen LogP contribution in [-0.4, -0.2) is 74.7 Å². The predicted octanol–water partition coefficient (Wildman–Crippen LogP) is 0.968. The van der Waals surface area contributed by atoms with Gasteiger partial charge in [-0.3, -0.25) is 4.79 Å². The van der Waals surface area contributed by atoms with Gasteiger partial charge in [0.05, 0.1) is 6.26 Å². The summed E-state index contributed by atoms with van der Waals surface area (Å²) >= 11 is 1.17. The molecule has 2 aliphatic rings. The molecule has 11 heteroatoms. The Balaban J connectivity index is 1.50. The van der Waals surface area contributed by atoms with Gasteiger partial charge < -0.3 is 4.90 Å². The van der Waals surface area contributed by atoms with Gasteiger partial charge in [-0.2, -0.15) is 8.61 Å². The molecule has 8 nitrogen and oxygen atoms in total. The van der Waals surface area contributed by atoms with Crippen LogP contribution in [-0.2, 0) is 37.8 Å². The molecule has 0 radical (unpaired) electrons. The molecule has 0 unspecified atom stereocenters. The zero-order chi connectivity index (χ0) is 21.5. The molecule has 3 heterocycles. The van der Waals surface area contributed by atoms with E-state index in [1.807, 2.05) is 24.3 Å². The van der Waals surface area contributed by atoms with E-state index < -0.39 is 26.1 Å². The monoisotopic (exact) mass is 469 g/mol. The minimum atomic E-state index is -3.58. The molecule has 0 saturated carbocycles. The highest BCUT2D eigenvalue weighted by Gasteiger charge is 2.40. The predicted molar refractivity (Wildman–Crippen MR) is 114 cm³/mol. The number of fused-ring (bicyclic) bond motifs is 1. The van der Waals surface area contributed by atoms with E-state index in [2.05, 4.69) is 0 Å². The largest absolute Gasteiger partial charge is 0.339 e. The average molecular weight is 470 g/mol. The van der Waals surface area contributed by atoms with Crippen molar-refractivity contribution in [2.24, 2.45) is 0 Å². The minimum Gasteiger partial charge on any atom is -0.339 e. The highest BCUT2D eigenvalue weighted by Crippen LogP contribution is 2.27. The van der Waals surface area contributed by atoms with Crippen molar-refractivity contribution >= 4 is 37.3 Å². The van der Waals surface area contributed by atoms with Crippen LogP contribution in [0.5, 0.6) is 0 Å². The van der Waals surface area contributed by atoms with Crippen molar-refractivity contribution in [1.82, 2.24) is 13.5 Å². The van der Waals surface area contributed by atoms with E-state index in [-0.39, 0.29) is 42.8 Å². The van der Waals surface area contributed by atoms with Crippen LogP contribution in [0.4, 0.5) is 0 Å². The maximum atomic E-state index is 13.3.